The van der Waals surface area contributed by atoms with E-state index in [0.29, 0.717) is 23.8 Å². The van der Waals surface area contributed by atoms with E-state index in [2.05, 4.69) is 29.4 Å². The number of hydrogen-bond acceptors (Lipinski definition) is 5. The zero-order valence-corrected chi connectivity index (χ0v) is 19.9. The lowest BCUT2D eigenvalue weighted by molar-refractivity contribution is -0.123. The Hall–Kier alpha value is -2.22. The van der Waals surface area contributed by atoms with Crippen LogP contribution >= 0.6 is 11.3 Å². The maximum atomic E-state index is 13.3. The third kappa shape index (κ3) is 6.89. The molecule has 2 aromatic rings. The van der Waals surface area contributed by atoms with Gasteiger partial charge in [0.25, 0.3) is 5.91 Å². The van der Waals surface area contributed by atoms with Crippen LogP contribution in [0.2, 0.25) is 0 Å². The van der Waals surface area contributed by atoms with Gasteiger partial charge in [0.2, 0.25) is 5.91 Å². The molecule has 2 N–H and O–H groups in total. The predicted octanol–water partition coefficient (Wildman–Crippen LogP) is 3.34. The predicted molar refractivity (Wildman–Crippen MR) is 129 cm³/mol. The van der Waals surface area contributed by atoms with Gasteiger partial charge in [-0.25, -0.2) is 0 Å². The number of carbonyl (C=O) groups excluding carboxylic acids is 2. The lowest BCUT2D eigenvalue weighted by Gasteiger charge is -2.39. The second kappa shape index (κ2) is 12.7. The van der Waals surface area contributed by atoms with Gasteiger partial charge in [-0.05, 0) is 22.9 Å². The van der Waals surface area contributed by atoms with Crippen molar-refractivity contribution < 1.29 is 14.3 Å². The highest BCUT2D eigenvalue weighted by Crippen LogP contribution is 2.20. The van der Waals surface area contributed by atoms with E-state index in [1.807, 2.05) is 41.8 Å². The molecule has 2 heterocycles. The van der Waals surface area contributed by atoms with Crippen LogP contribution in [0.25, 0.3) is 0 Å². The quantitative estimate of drug-likeness (QED) is 0.543. The van der Waals surface area contributed by atoms with E-state index in [9.17, 15) is 9.59 Å². The first kappa shape index (κ1) is 24.4. The van der Waals surface area contributed by atoms with Crippen LogP contribution in [0.3, 0.4) is 0 Å². The van der Waals surface area contributed by atoms with E-state index >= 15 is 0 Å². The van der Waals surface area contributed by atoms with Crippen LogP contribution in [0.4, 0.5) is 0 Å². The second-order valence-electron chi connectivity index (χ2n) is 8.23. The summed E-state index contributed by atoms with van der Waals surface area (Å²) in [5.74, 6) is 0.158. The van der Waals surface area contributed by atoms with Gasteiger partial charge in [0, 0.05) is 32.1 Å². The van der Waals surface area contributed by atoms with Gasteiger partial charge < -0.3 is 15.4 Å². The molecule has 0 radical (unpaired) electrons. The van der Waals surface area contributed by atoms with Gasteiger partial charge in [-0.1, -0.05) is 63.1 Å². The van der Waals surface area contributed by atoms with Crippen molar-refractivity contribution in [2.45, 2.75) is 45.2 Å². The van der Waals surface area contributed by atoms with E-state index in [1.165, 1.54) is 11.3 Å². The standard InChI is InChI=1S/C25H35N3O3S/c1-3-20(4-2)22(28-12-14-31-15-13-28)18-26-24(29)21(17-19-9-6-5-7-10-19)27-25(30)23-11-8-16-32-23/h5-11,16,20-22H,3-4,12-15,17-18H2,1-2H3,(H,26,29)(H,27,30). The molecule has 0 aliphatic carbocycles. The Morgan fingerprint density at radius 3 is 2.41 bits per heavy atom. The fourth-order valence-electron chi connectivity index (χ4n) is 4.36. The van der Waals surface area contributed by atoms with Crippen molar-refractivity contribution in [3.8, 4) is 0 Å². The molecule has 0 bridgehead atoms. The summed E-state index contributed by atoms with van der Waals surface area (Å²) in [6, 6.07) is 13.1. The van der Waals surface area contributed by atoms with Crippen molar-refractivity contribution in [1.82, 2.24) is 15.5 Å². The number of rotatable bonds is 11. The summed E-state index contributed by atoms with van der Waals surface area (Å²) >= 11 is 1.38. The number of amides is 2. The number of nitrogens with one attached hydrogen (secondary N) is 2. The summed E-state index contributed by atoms with van der Waals surface area (Å²) in [7, 11) is 0. The molecule has 3 rings (SSSR count). The van der Waals surface area contributed by atoms with Crippen molar-refractivity contribution in [2.75, 3.05) is 32.8 Å². The SMILES string of the molecule is CCC(CC)C(CNC(=O)C(Cc1ccccc1)NC(=O)c1cccs1)N1CCOCC1. The van der Waals surface area contributed by atoms with Crippen molar-refractivity contribution in [3.05, 3.63) is 58.3 Å². The molecular formula is C25H35N3O3S. The van der Waals surface area contributed by atoms with Crippen LogP contribution in [-0.4, -0.2) is 61.6 Å². The lowest BCUT2D eigenvalue weighted by Crippen LogP contribution is -2.55. The smallest absolute Gasteiger partial charge is 0.262 e. The number of carbonyl (C=O) groups is 2. The van der Waals surface area contributed by atoms with Gasteiger partial charge in [0.1, 0.15) is 6.04 Å². The topological polar surface area (TPSA) is 70.7 Å². The fraction of sp³-hybridized carbons (Fsp3) is 0.520. The molecule has 6 nitrogen and oxygen atoms in total. The van der Waals surface area contributed by atoms with E-state index in [1.54, 1.807) is 6.07 Å². The van der Waals surface area contributed by atoms with Gasteiger partial charge in [0.15, 0.2) is 0 Å². The summed E-state index contributed by atoms with van der Waals surface area (Å²) in [4.78, 5) is 29.0. The van der Waals surface area contributed by atoms with Crippen molar-refractivity contribution in [3.63, 3.8) is 0 Å². The Bertz CT molecular complexity index is 818. The number of ether oxygens (including phenoxy) is 1. The van der Waals surface area contributed by atoms with E-state index in [-0.39, 0.29) is 17.9 Å². The van der Waals surface area contributed by atoms with Gasteiger partial charge >= 0.3 is 0 Å². The molecule has 2 unspecified atom stereocenters. The highest BCUT2D eigenvalue weighted by atomic mass is 32.1. The van der Waals surface area contributed by atoms with Gasteiger partial charge in [-0.3, -0.25) is 14.5 Å². The monoisotopic (exact) mass is 457 g/mol. The molecule has 1 aliphatic heterocycles. The molecule has 174 valence electrons. The fourth-order valence-corrected chi connectivity index (χ4v) is 4.99. The van der Waals surface area contributed by atoms with E-state index in [0.717, 1.165) is 44.7 Å². The molecule has 0 spiro atoms. The molecule has 1 aromatic heterocycles. The lowest BCUT2D eigenvalue weighted by atomic mass is 9.92. The van der Waals surface area contributed by atoms with Crippen LogP contribution < -0.4 is 10.6 Å². The third-order valence-electron chi connectivity index (χ3n) is 6.24. The largest absolute Gasteiger partial charge is 0.379 e. The first-order valence-electron chi connectivity index (χ1n) is 11.6. The minimum absolute atomic E-state index is 0.136. The first-order chi connectivity index (χ1) is 15.6. The summed E-state index contributed by atoms with van der Waals surface area (Å²) in [5, 5.41) is 7.99. The highest BCUT2D eigenvalue weighted by Gasteiger charge is 2.29. The average Bonchev–Trinajstić information content (AvgIpc) is 3.37. The Morgan fingerprint density at radius 1 is 1.06 bits per heavy atom. The Labute approximate surface area is 195 Å². The Balaban J connectivity index is 1.69. The van der Waals surface area contributed by atoms with Gasteiger partial charge in [0.05, 0.1) is 18.1 Å². The molecular weight excluding hydrogens is 422 g/mol. The van der Waals surface area contributed by atoms with E-state index < -0.39 is 6.04 Å². The minimum atomic E-state index is -0.626. The summed E-state index contributed by atoms with van der Waals surface area (Å²) in [6.45, 7) is 8.24. The van der Waals surface area contributed by atoms with Crippen molar-refractivity contribution in [1.29, 1.82) is 0 Å². The number of thiophene rings is 1. The number of hydrogen-bond donors (Lipinski definition) is 2. The molecule has 1 fully saturated rings. The average molecular weight is 458 g/mol. The summed E-state index contributed by atoms with van der Waals surface area (Å²) in [5.41, 5.74) is 1.02. The molecule has 1 aromatic carbocycles. The van der Waals surface area contributed by atoms with Crippen LogP contribution in [0.5, 0.6) is 0 Å². The molecule has 32 heavy (non-hydrogen) atoms. The normalized spacial score (nSPS) is 16.5. The van der Waals surface area contributed by atoms with Crippen molar-refractivity contribution in [2.24, 2.45) is 5.92 Å². The zero-order chi connectivity index (χ0) is 22.8. The van der Waals surface area contributed by atoms with Crippen LogP contribution in [0.15, 0.2) is 47.8 Å². The van der Waals surface area contributed by atoms with Crippen LogP contribution in [0.1, 0.15) is 41.9 Å². The second-order valence-corrected chi connectivity index (χ2v) is 9.18. The maximum absolute atomic E-state index is 13.3. The first-order valence-corrected chi connectivity index (χ1v) is 12.5. The Morgan fingerprint density at radius 2 is 1.78 bits per heavy atom. The highest BCUT2D eigenvalue weighted by molar-refractivity contribution is 7.12. The zero-order valence-electron chi connectivity index (χ0n) is 19.1. The molecule has 1 aliphatic rings. The van der Waals surface area contributed by atoms with Crippen molar-refractivity contribution >= 4 is 23.2 Å². The third-order valence-corrected chi connectivity index (χ3v) is 7.11. The molecule has 2 amide bonds. The van der Waals surface area contributed by atoms with Crippen LogP contribution in [0, 0.1) is 5.92 Å². The Kier molecular flexibility index (Phi) is 9.71. The maximum Gasteiger partial charge on any atom is 0.262 e. The van der Waals surface area contributed by atoms with Crippen LogP contribution in [-0.2, 0) is 16.0 Å². The minimum Gasteiger partial charge on any atom is -0.379 e. The summed E-state index contributed by atoms with van der Waals surface area (Å²) < 4.78 is 5.53. The van der Waals surface area contributed by atoms with Gasteiger partial charge in [-0.2, -0.15) is 0 Å². The molecule has 0 saturated carbocycles. The molecule has 1 saturated heterocycles. The molecule has 2 atom stereocenters. The number of morpholine rings is 1. The molecule has 7 heteroatoms. The van der Waals surface area contributed by atoms with Gasteiger partial charge in [-0.15, -0.1) is 11.3 Å². The summed E-state index contributed by atoms with van der Waals surface area (Å²) in [6.07, 6.45) is 2.59. The number of nitrogens with zero attached hydrogens (tertiary/aromatic N) is 1. The number of benzene rings is 1. The van der Waals surface area contributed by atoms with E-state index in [4.69, 9.17) is 4.74 Å².